The number of benzene rings is 1. The fraction of sp³-hybridized carbons (Fsp3) is 0. The van der Waals surface area contributed by atoms with Crippen LogP contribution in [0.3, 0.4) is 0 Å². The van der Waals surface area contributed by atoms with Gasteiger partial charge in [-0.3, -0.25) is 4.79 Å². The summed E-state index contributed by atoms with van der Waals surface area (Å²) >= 11 is 8.15. The molecular formula is C13H6Br2O2S. The van der Waals surface area contributed by atoms with Gasteiger partial charge in [-0.25, -0.2) is 0 Å². The Bertz CT molecular complexity index is 742. The van der Waals surface area contributed by atoms with Crippen molar-refractivity contribution in [3.8, 4) is 0 Å². The zero-order chi connectivity index (χ0) is 12.7. The number of hydrogen-bond donors (Lipinski definition) is 0. The van der Waals surface area contributed by atoms with Crippen molar-refractivity contribution in [3.05, 3.63) is 55.3 Å². The molecule has 2 nitrogen and oxygen atoms in total. The van der Waals surface area contributed by atoms with Gasteiger partial charge in [0.1, 0.15) is 5.58 Å². The van der Waals surface area contributed by atoms with Crippen LogP contribution in [0.4, 0.5) is 0 Å². The number of para-hydroxylation sites is 1. The Kier molecular flexibility index (Phi) is 3.13. The Balaban J connectivity index is 2.10. The van der Waals surface area contributed by atoms with E-state index >= 15 is 0 Å². The normalized spacial score (nSPS) is 11.0. The second-order valence-electron chi connectivity index (χ2n) is 3.73. The second-order valence-corrected chi connectivity index (χ2v) is 6.41. The van der Waals surface area contributed by atoms with E-state index < -0.39 is 0 Å². The molecule has 3 aromatic rings. The van der Waals surface area contributed by atoms with Crippen molar-refractivity contribution in [1.29, 1.82) is 0 Å². The van der Waals surface area contributed by atoms with Gasteiger partial charge in [0.15, 0.2) is 5.76 Å². The third-order valence-corrected chi connectivity index (χ3v) is 4.83. The van der Waals surface area contributed by atoms with Gasteiger partial charge in [0.05, 0.1) is 9.35 Å². The maximum absolute atomic E-state index is 12.2. The summed E-state index contributed by atoms with van der Waals surface area (Å²) in [6.07, 6.45) is 0. The van der Waals surface area contributed by atoms with E-state index in [2.05, 4.69) is 31.9 Å². The van der Waals surface area contributed by atoms with Crippen molar-refractivity contribution in [1.82, 2.24) is 0 Å². The van der Waals surface area contributed by atoms with E-state index in [1.165, 1.54) is 11.3 Å². The first-order valence-electron chi connectivity index (χ1n) is 5.12. The van der Waals surface area contributed by atoms with Crippen LogP contribution in [-0.4, -0.2) is 5.78 Å². The predicted octanol–water partition coefficient (Wildman–Crippen LogP) is 5.25. The van der Waals surface area contributed by atoms with E-state index in [4.69, 9.17) is 4.42 Å². The second kappa shape index (κ2) is 4.64. The Morgan fingerprint density at radius 2 is 2.06 bits per heavy atom. The molecule has 0 bridgehead atoms. The molecule has 0 saturated heterocycles. The van der Waals surface area contributed by atoms with Gasteiger partial charge in [-0.15, -0.1) is 11.3 Å². The van der Waals surface area contributed by atoms with E-state index in [-0.39, 0.29) is 5.78 Å². The van der Waals surface area contributed by atoms with Crippen molar-refractivity contribution >= 4 is 59.9 Å². The molecule has 18 heavy (non-hydrogen) atoms. The molecule has 0 aliphatic rings. The molecule has 2 aromatic heterocycles. The van der Waals surface area contributed by atoms with Crippen LogP contribution < -0.4 is 0 Å². The van der Waals surface area contributed by atoms with Gasteiger partial charge < -0.3 is 4.42 Å². The summed E-state index contributed by atoms with van der Waals surface area (Å²) in [6, 6.07) is 9.30. The number of carbonyl (C=O) groups is 1. The van der Waals surface area contributed by atoms with Crippen LogP contribution in [0.1, 0.15) is 15.4 Å². The monoisotopic (exact) mass is 384 g/mol. The highest BCUT2D eigenvalue weighted by Crippen LogP contribution is 2.29. The summed E-state index contributed by atoms with van der Waals surface area (Å²) in [5, 5.41) is 2.80. The van der Waals surface area contributed by atoms with Gasteiger partial charge in [0, 0.05) is 15.2 Å². The van der Waals surface area contributed by atoms with Gasteiger partial charge in [0.25, 0.3) is 0 Å². The smallest absolute Gasteiger partial charge is 0.238 e. The third-order valence-electron chi connectivity index (χ3n) is 2.51. The summed E-state index contributed by atoms with van der Waals surface area (Å²) in [4.78, 5) is 12.9. The van der Waals surface area contributed by atoms with Crippen molar-refractivity contribution < 1.29 is 9.21 Å². The standard InChI is InChI=1S/C13H6Br2O2S/c14-8-5-11(18-6-8)12(16)10-4-7-2-1-3-9(15)13(7)17-10/h1-6H. The molecule has 1 aromatic carbocycles. The highest BCUT2D eigenvalue weighted by Gasteiger charge is 2.17. The average molecular weight is 386 g/mol. The van der Waals surface area contributed by atoms with Crippen LogP contribution in [0.15, 0.2) is 49.1 Å². The summed E-state index contributed by atoms with van der Waals surface area (Å²) in [5.74, 6) is 0.278. The quantitative estimate of drug-likeness (QED) is 0.564. The van der Waals surface area contributed by atoms with Gasteiger partial charge in [0.2, 0.25) is 5.78 Å². The SMILES string of the molecule is O=C(c1cc2cccc(Br)c2o1)c1cc(Br)cs1. The molecule has 0 radical (unpaired) electrons. The highest BCUT2D eigenvalue weighted by atomic mass is 79.9. The number of ketones is 1. The summed E-state index contributed by atoms with van der Waals surface area (Å²) in [7, 11) is 0. The van der Waals surface area contributed by atoms with Crippen LogP contribution in [0.5, 0.6) is 0 Å². The predicted molar refractivity (Wildman–Crippen MR) is 79.4 cm³/mol. The fourth-order valence-electron chi connectivity index (χ4n) is 1.69. The fourth-order valence-corrected chi connectivity index (χ4v) is 3.53. The molecule has 5 heteroatoms. The number of hydrogen-bond acceptors (Lipinski definition) is 3. The van der Waals surface area contributed by atoms with E-state index in [9.17, 15) is 4.79 Å². The summed E-state index contributed by atoms with van der Waals surface area (Å²) in [6.45, 7) is 0. The van der Waals surface area contributed by atoms with Crippen LogP contribution in [0, 0.1) is 0 Å². The molecule has 0 unspecified atom stereocenters. The highest BCUT2D eigenvalue weighted by molar-refractivity contribution is 9.11. The first-order valence-corrected chi connectivity index (χ1v) is 7.58. The van der Waals surface area contributed by atoms with E-state index in [1.54, 1.807) is 12.1 Å². The molecule has 0 fully saturated rings. The molecule has 0 saturated carbocycles. The Hall–Kier alpha value is -0.910. The van der Waals surface area contributed by atoms with Gasteiger partial charge in [-0.2, -0.15) is 0 Å². The Morgan fingerprint density at radius 1 is 1.22 bits per heavy atom. The molecule has 0 spiro atoms. The number of thiophene rings is 1. The van der Waals surface area contributed by atoms with E-state index in [0.717, 1.165) is 14.3 Å². The van der Waals surface area contributed by atoms with Crippen molar-refractivity contribution in [3.63, 3.8) is 0 Å². The minimum atomic E-state index is -0.0891. The number of carbonyl (C=O) groups excluding carboxylic acids is 1. The lowest BCUT2D eigenvalue weighted by Gasteiger charge is -1.92. The van der Waals surface area contributed by atoms with Gasteiger partial charge in [-0.1, -0.05) is 12.1 Å². The topological polar surface area (TPSA) is 30.2 Å². The number of rotatable bonds is 2. The third kappa shape index (κ3) is 2.06. The minimum Gasteiger partial charge on any atom is -0.451 e. The average Bonchev–Trinajstić information content (AvgIpc) is 2.95. The molecule has 0 aliphatic carbocycles. The molecule has 0 N–H and O–H groups in total. The molecule has 0 amide bonds. The molecule has 2 heterocycles. The van der Waals surface area contributed by atoms with Gasteiger partial charge >= 0.3 is 0 Å². The number of fused-ring (bicyclic) bond motifs is 1. The molecule has 0 aliphatic heterocycles. The first kappa shape index (κ1) is 12.1. The lowest BCUT2D eigenvalue weighted by Crippen LogP contribution is -1.95. The van der Waals surface area contributed by atoms with Crippen molar-refractivity contribution in [2.45, 2.75) is 0 Å². The summed E-state index contributed by atoms with van der Waals surface area (Å²) in [5.41, 5.74) is 0.705. The maximum Gasteiger partial charge on any atom is 0.238 e. The largest absolute Gasteiger partial charge is 0.451 e. The van der Waals surface area contributed by atoms with Crippen LogP contribution >= 0.6 is 43.2 Å². The van der Waals surface area contributed by atoms with Crippen LogP contribution in [-0.2, 0) is 0 Å². The van der Waals surface area contributed by atoms with Crippen molar-refractivity contribution in [2.75, 3.05) is 0 Å². The number of halogens is 2. The first-order chi connectivity index (χ1) is 8.65. The van der Waals surface area contributed by atoms with Crippen LogP contribution in [0.2, 0.25) is 0 Å². The van der Waals surface area contributed by atoms with Gasteiger partial charge in [-0.05, 0) is 50.1 Å². The number of furan rings is 1. The minimum absolute atomic E-state index is 0.0891. The molecule has 0 atom stereocenters. The zero-order valence-electron chi connectivity index (χ0n) is 8.94. The van der Waals surface area contributed by atoms with E-state index in [1.807, 2.05) is 23.6 Å². The lowest BCUT2D eigenvalue weighted by atomic mass is 10.2. The zero-order valence-corrected chi connectivity index (χ0v) is 12.9. The maximum atomic E-state index is 12.2. The van der Waals surface area contributed by atoms with Crippen molar-refractivity contribution in [2.24, 2.45) is 0 Å². The van der Waals surface area contributed by atoms with E-state index in [0.29, 0.717) is 16.2 Å². The lowest BCUT2D eigenvalue weighted by molar-refractivity contribution is 0.101. The Labute approximate surface area is 124 Å². The summed E-state index contributed by atoms with van der Waals surface area (Å²) < 4.78 is 7.38. The Morgan fingerprint density at radius 3 is 2.72 bits per heavy atom. The van der Waals surface area contributed by atoms with Crippen LogP contribution in [0.25, 0.3) is 11.0 Å². The molecule has 3 rings (SSSR count). The molecular weight excluding hydrogens is 380 g/mol. The molecule has 90 valence electrons.